The van der Waals surface area contributed by atoms with Crippen LogP contribution in [0.2, 0.25) is 0 Å². The second-order valence-corrected chi connectivity index (χ2v) is 12.0. The molecule has 1 aliphatic rings. The molecule has 214 valence electrons. The van der Waals surface area contributed by atoms with Gasteiger partial charge in [-0.05, 0) is 41.1 Å². The third kappa shape index (κ3) is 8.35. The minimum Gasteiger partial charge on any atom is -0.554 e. The topological polar surface area (TPSA) is 154 Å². The Hall–Kier alpha value is -3.29. The lowest BCUT2D eigenvalue weighted by molar-refractivity contribution is -0.919. The molecular formula is C26H36N4O7S2. The standard InChI is InChI=1S/C25H34N4O5S2.CH2O2/c1-15-13-35-21(23(32)26-5)19(15)27-17(30)11-29(9-7-25(3,4)8-10-29)12-18(31)28-20-16(2)14-36-22(20)24(33)34-6;2-1-3/h13-14H,7-12H2,1-6H3,(H2-,26,27,28,30,31,32,33);1H,(H,2,3). The molecule has 1 fully saturated rings. The average Bonchev–Trinajstić information content (AvgIpc) is 3.42. The number of carbonyl (C=O) groups is 5. The van der Waals surface area contributed by atoms with Gasteiger partial charge in [0.05, 0.1) is 31.6 Å². The van der Waals surface area contributed by atoms with Crippen LogP contribution in [-0.4, -0.2) is 75.0 Å². The Labute approximate surface area is 236 Å². The van der Waals surface area contributed by atoms with E-state index in [1.807, 2.05) is 19.2 Å². The van der Waals surface area contributed by atoms with Crippen LogP contribution in [0, 0.1) is 19.3 Å². The Morgan fingerprint density at radius 3 is 1.85 bits per heavy atom. The highest BCUT2D eigenvalue weighted by Gasteiger charge is 2.41. The summed E-state index contributed by atoms with van der Waals surface area (Å²) in [5, 5.41) is 20.3. The molecule has 3 rings (SSSR count). The van der Waals surface area contributed by atoms with Gasteiger partial charge in [-0.1, -0.05) is 13.8 Å². The molecule has 13 heteroatoms. The van der Waals surface area contributed by atoms with Crippen LogP contribution in [0.5, 0.6) is 0 Å². The number of aryl methyl sites for hydroxylation is 2. The molecule has 11 nitrogen and oxygen atoms in total. The van der Waals surface area contributed by atoms with Crippen LogP contribution < -0.4 is 21.1 Å². The zero-order valence-electron chi connectivity index (χ0n) is 23.1. The number of esters is 1. The van der Waals surface area contributed by atoms with Crippen molar-refractivity contribution in [2.45, 2.75) is 40.5 Å². The van der Waals surface area contributed by atoms with Crippen LogP contribution in [0.15, 0.2) is 10.8 Å². The van der Waals surface area contributed by atoms with Gasteiger partial charge >= 0.3 is 5.97 Å². The molecule has 1 saturated heterocycles. The van der Waals surface area contributed by atoms with Gasteiger partial charge in [0.25, 0.3) is 17.7 Å². The van der Waals surface area contributed by atoms with Gasteiger partial charge in [-0.2, -0.15) is 0 Å². The van der Waals surface area contributed by atoms with Gasteiger partial charge in [-0.15, -0.1) is 22.7 Å². The van der Waals surface area contributed by atoms with Gasteiger partial charge in [-0.25, -0.2) is 4.79 Å². The summed E-state index contributed by atoms with van der Waals surface area (Å²) in [4.78, 5) is 59.9. The monoisotopic (exact) mass is 580 g/mol. The predicted molar refractivity (Wildman–Crippen MR) is 149 cm³/mol. The van der Waals surface area contributed by atoms with Crippen molar-refractivity contribution >= 4 is 64.2 Å². The second-order valence-electron chi connectivity index (χ2n) is 10.3. The molecule has 3 N–H and O–H groups in total. The highest BCUT2D eigenvalue weighted by atomic mass is 32.1. The van der Waals surface area contributed by atoms with Crippen LogP contribution in [0.3, 0.4) is 0 Å². The van der Waals surface area contributed by atoms with E-state index in [2.05, 4.69) is 29.8 Å². The van der Waals surface area contributed by atoms with E-state index >= 15 is 0 Å². The number of ether oxygens (including phenoxy) is 1. The maximum absolute atomic E-state index is 13.3. The first-order valence-electron chi connectivity index (χ1n) is 12.3. The van der Waals surface area contributed by atoms with E-state index in [1.54, 1.807) is 12.4 Å². The van der Waals surface area contributed by atoms with Gasteiger partial charge in [0.15, 0.2) is 13.1 Å². The number of anilines is 2. The fourth-order valence-corrected chi connectivity index (χ4v) is 6.25. The molecule has 0 saturated carbocycles. The number of piperidine rings is 1. The van der Waals surface area contributed by atoms with Gasteiger partial charge in [-0.3, -0.25) is 14.4 Å². The highest BCUT2D eigenvalue weighted by Crippen LogP contribution is 2.35. The molecule has 0 aliphatic carbocycles. The minimum atomic E-state index is -0.500. The molecular weight excluding hydrogens is 544 g/mol. The van der Waals surface area contributed by atoms with Gasteiger partial charge in [0, 0.05) is 26.4 Å². The smallest absolute Gasteiger partial charge is 0.350 e. The molecule has 1 aliphatic heterocycles. The Balaban J connectivity index is 0.00000170. The summed E-state index contributed by atoms with van der Waals surface area (Å²) in [6.07, 6.45) is 1.75. The molecule has 39 heavy (non-hydrogen) atoms. The molecule has 3 amide bonds. The molecule has 0 bridgehead atoms. The molecule has 2 aromatic heterocycles. The number of hydrogen-bond donors (Lipinski definition) is 3. The van der Waals surface area contributed by atoms with Crippen LogP contribution in [0.1, 0.15) is 57.2 Å². The van der Waals surface area contributed by atoms with Crippen LogP contribution >= 0.6 is 22.7 Å². The van der Waals surface area contributed by atoms with Crippen LogP contribution in [0.4, 0.5) is 11.4 Å². The van der Waals surface area contributed by atoms with E-state index in [4.69, 9.17) is 14.6 Å². The number of carbonyl (C=O) groups excluding carboxylic acids is 5. The van der Waals surface area contributed by atoms with Crippen molar-refractivity contribution in [1.29, 1.82) is 0 Å². The summed E-state index contributed by atoms with van der Waals surface area (Å²) in [6.45, 7) is 9.12. The summed E-state index contributed by atoms with van der Waals surface area (Å²) in [5.74, 6) is -1.24. The first-order valence-corrected chi connectivity index (χ1v) is 14.0. The Kier molecular flexibility index (Phi) is 11.2. The Bertz CT molecular complexity index is 1130. The van der Waals surface area contributed by atoms with E-state index < -0.39 is 12.4 Å². The zero-order chi connectivity index (χ0) is 29.4. The maximum atomic E-state index is 13.3. The number of quaternary nitrogens is 1. The SMILES string of the molecule is CNC(=O)c1scc(C)c1NC(=O)C[N+]1(CC(=O)Nc2c(C)csc2C(=O)OC)CCC(C)(C)CC1.O=C[O-]. The number of amides is 3. The van der Waals surface area contributed by atoms with E-state index in [0.717, 1.165) is 24.0 Å². The number of thiophene rings is 2. The molecule has 0 unspecified atom stereocenters. The maximum Gasteiger partial charge on any atom is 0.350 e. The van der Waals surface area contributed by atoms with Gasteiger partial charge < -0.3 is 35.1 Å². The number of rotatable bonds is 8. The largest absolute Gasteiger partial charge is 0.554 e. The fourth-order valence-electron chi connectivity index (χ4n) is 4.38. The molecule has 2 aromatic rings. The molecule has 0 atom stereocenters. The lowest BCUT2D eigenvalue weighted by Crippen LogP contribution is -2.60. The lowest BCUT2D eigenvalue weighted by Gasteiger charge is -2.45. The number of nitrogens with one attached hydrogen (secondary N) is 3. The van der Waals surface area contributed by atoms with E-state index in [-0.39, 0.29) is 36.2 Å². The lowest BCUT2D eigenvalue weighted by atomic mass is 9.81. The third-order valence-corrected chi connectivity index (χ3v) is 8.94. The fraction of sp³-hybridized carbons (Fsp3) is 0.500. The summed E-state index contributed by atoms with van der Waals surface area (Å²) in [5.41, 5.74) is 2.71. The van der Waals surface area contributed by atoms with E-state index in [1.165, 1.54) is 29.8 Å². The summed E-state index contributed by atoms with van der Waals surface area (Å²) in [6, 6.07) is 0. The quantitative estimate of drug-likeness (QED) is 0.246. The summed E-state index contributed by atoms with van der Waals surface area (Å²) >= 11 is 2.51. The van der Waals surface area contributed by atoms with Crippen molar-refractivity contribution in [2.24, 2.45) is 5.41 Å². The minimum absolute atomic E-state index is 0.102. The van der Waals surface area contributed by atoms with Gasteiger partial charge in [0.1, 0.15) is 9.75 Å². The number of carboxylic acid groups (broad SMARTS) is 1. The van der Waals surface area contributed by atoms with Crippen LogP contribution in [-0.2, 0) is 19.1 Å². The van der Waals surface area contributed by atoms with Crippen molar-refractivity contribution in [2.75, 3.05) is 51.0 Å². The first kappa shape index (κ1) is 31.9. The van der Waals surface area contributed by atoms with E-state index in [0.29, 0.717) is 38.7 Å². The highest BCUT2D eigenvalue weighted by molar-refractivity contribution is 7.13. The normalized spacial score (nSPS) is 15.2. The Morgan fingerprint density at radius 1 is 0.974 bits per heavy atom. The van der Waals surface area contributed by atoms with Crippen LogP contribution in [0.25, 0.3) is 0 Å². The second kappa shape index (κ2) is 13.7. The Morgan fingerprint density at radius 2 is 1.41 bits per heavy atom. The first-order chi connectivity index (χ1) is 18.3. The number of hydrogen-bond acceptors (Lipinski definition) is 9. The van der Waals surface area contributed by atoms with Crippen molar-refractivity contribution in [1.82, 2.24) is 5.32 Å². The zero-order valence-corrected chi connectivity index (χ0v) is 24.7. The van der Waals surface area contributed by atoms with E-state index in [9.17, 15) is 19.2 Å². The molecule has 0 spiro atoms. The average molecular weight is 581 g/mol. The van der Waals surface area contributed by atoms with Crippen molar-refractivity contribution in [3.63, 3.8) is 0 Å². The number of likely N-dealkylation sites (tertiary alicyclic amines) is 1. The van der Waals surface area contributed by atoms with Crippen molar-refractivity contribution < 1.29 is 38.3 Å². The summed E-state index contributed by atoms with van der Waals surface area (Å²) < 4.78 is 5.15. The van der Waals surface area contributed by atoms with Crippen molar-refractivity contribution in [3.05, 3.63) is 31.6 Å². The third-order valence-electron chi connectivity index (χ3n) is 6.77. The number of methoxy groups -OCH3 is 1. The predicted octanol–water partition coefficient (Wildman–Crippen LogP) is 2.15. The van der Waals surface area contributed by atoms with Crippen molar-refractivity contribution in [3.8, 4) is 0 Å². The molecule has 0 aromatic carbocycles. The van der Waals surface area contributed by atoms with Gasteiger partial charge in [0.2, 0.25) is 0 Å². The summed E-state index contributed by atoms with van der Waals surface area (Å²) in [7, 11) is 2.86. The molecule has 0 radical (unpaired) electrons. The molecule has 3 heterocycles. The number of nitrogens with zero attached hydrogens (tertiary/aromatic N) is 1.